The lowest BCUT2D eigenvalue weighted by Gasteiger charge is -2.37. The fourth-order valence-electron chi connectivity index (χ4n) is 3.29. The Morgan fingerprint density at radius 2 is 1.93 bits per heavy atom. The van der Waals surface area contributed by atoms with E-state index in [9.17, 15) is 14.0 Å². The van der Waals surface area contributed by atoms with Crippen LogP contribution in [0, 0.1) is 11.7 Å². The molecule has 0 spiro atoms. The summed E-state index contributed by atoms with van der Waals surface area (Å²) in [5.41, 5.74) is 6.97. The number of nitrogens with two attached hydrogens (primary N) is 1. The van der Waals surface area contributed by atoms with Crippen LogP contribution >= 0.6 is 0 Å². The van der Waals surface area contributed by atoms with Crippen LogP contribution in [0.2, 0.25) is 0 Å². The third-order valence-corrected chi connectivity index (χ3v) is 5.61. The maximum atomic E-state index is 14.3. The first-order valence-corrected chi connectivity index (χ1v) is 9.96. The van der Waals surface area contributed by atoms with Gasteiger partial charge in [0.25, 0.3) is 5.91 Å². The Balaban J connectivity index is 1.75. The Kier molecular flexibility index (Phi) is 6.20. The van der Waals surface area contributed by atoms with Crippen molar-refractivity contribution in [3.05, 3.63) is 71.0 Å². The third kappa shape index (κ3) is 4.67. The molecule has 1 unspecified atom stereocenters. The molecule has 1 aliphatic heterocycles. The number of benzene rings is 2. The molecule has 0 bridgehead atoms. The zero-order valence-electron chi connectivity index (χ0n) is 17.5. The Hall–Kier alpha value is -3.22. The average Bonchev–Trinajstić information content (AvgIpc) is 2.70. The van der Waals surface area contributed by atoms with Crippen molar-refractivity contribution < 1.29 is 14.0 Å². The number of nitrogens with one attached hydrogen (secondary N) is 1. The Morgan fingerprint density at radius 3 is 2.57 bits per heavy atom. The van der Waals surface area contributed by atoms with Crippen molar-refractivity contribution >= 4 is 17.8 Å². The van der Waals surface area contributed by atoms with Crippen LogP contribution in [0.1, 0.15) is 48.7 Å². The molecule has 0 saturated heterocycles. The Morgan fingerprint density at radius 1 is 1.23 bits per heavy atom. The summed E-state index contributed by atoms with van der Waals surface area (Å²) < 4.78 is 14.3. The maximum Gasteiger partial charge on any atom is 0.254 e. The monoisotopic (exact) mass is 410 g/mol. The van der Waals surface area contributed by atoms with Gasteiger partial charge in [-0.05, 0) is 36.1 Å². The fraction of sp³-hybridized carbons (Fsp3) is 0.348. The van der Waals surface area contributed by atoms with Gasteiger partial charge in [-0.3, -0.25) is 14.5 Å². The summed E-state index contributed by atoms with van der Waals surface area (Å²) in [6, 6.07) is 13.6. The number of hydrogen-bond donors (Lipinski definition) is 2. The molecule has 1 heterocycles. The molecule has 0 radical (unpaired) electrons. The van der Waals surface area contributed by atoms with Crippen LogP contribution in [-0.2, 0) is 17.9 Å². The molecule has 2 aromatic carbocycles. The molecule has 1 atom stereocenters. The van der Waals surface area contributed by atoms with Crippen molar-refractivity contribution in [1.82, 2.24) is 10.2 Å². The Bertz CT molecular complexity index is 974. The molecule has 7 heteroatoms. The summed E-state index contributed by atoms with van der Waals surface area (Å²) in [4.78, 5) is 31.1. The molecule has 3 rings (SSSR count). The summed E-state index contributed by atoms with van der Waals surface area (Å²) in [6.45, 7) is 6.33. The number of rotatable bonds is 6. The van der Waals surface area contributed by atoms with Crippen molar-refractivity contribution in [3.63, 3.8) is 0 Å². The quantitative estimate of drug-likeness (QED) is 0.766. The predicted octanol–water partition coefficient (Wildman–Crippen LogP) is 3.22. The lowest BCUT2D eigenvalue weighted by molar-refractivity contribution is -0.130. The number of halogens is 1. The highest BCUT2D eigenvalue weighted by Crippen LogP contribution is 2.30. The third-order valence-electron chi connectivity index (χ3n) is 5.61. The van der Waals surface area contributed by atoms with Gasteiger partial charge >= 0.3 is 0 Å². The van der Waals surface area contributed by atoms with E-state index in [1.807, 2.05) is 51.1 Å². The number of hydrogen-bond acceptors (Lipinski definition) is 4. The molecule has 0 fully saturated rings. The normalized spacial score (nSPS) is 19.0. The number of carbonyl (C=O) groups excluding carboxylic acids is 2. The first kappa shape index (κ1) is 21.5. The average molecular weight is 410 g/mol. The minimum Gasteiger partial charge on any atom is -0.369 e. The van der Waals surface area contributed by atoms with Gasteiger partial charge in [-0.25, -0.2) is 9.38 Å². The van der Waals surface area contributed by atoms with E-state index >= 15 is 0 Å². The highest BCUT2D eigenvalue weighted by molar-refractivity contribution is 5.99. The highest BCUT2D eigenvalue weighted by Gasteiger charge is 2.38. The van der Waals surface area contributed by atoms with Crippen LogP contribution in [0.4, 0.5) is 4.39 Å². The van der Waals surface area contributed by atoms with Crippen LogP contribution in [0.3, 0.4) is 0 Å². The predicted molar refractivity (Wildman–Crippen MR) is 114 cm³/mol. The van der Waals surface area contributed by atoms with Crippen LogP contribution in [-0.4, -0.2) is 28.2 Å². The lowest BCUT2D eigenvalue weighted by Crippen LogP contribution is -2.51. The topological polar surface area (TPSA) is 87.8 Å². The van der Waals surface area contributed by atoms with E-state index in [1.54, 1.807) is 6.07 Å². The second-order valence-electron chi connectivity index (χ2n) is 8.12. The van der Waals surface area contributed by atoms with Gasteiger partial charge in [-0.2, -0.15) is 0 Å². The largest absolute Gasteiger partial charge is 0.369 e. The van der Waals surface area contributed by atoms with Crippen molar-refractivity contribution in [2.24, 2.45) is 16.6 Å². The van der Waals surface area contributed by atoms with E-state index in [1.165, 1.54) is 17.0 Å². The zero-order chi connectivity index (χ0) is 21.9. The molecule has 30 heavy (non-hydrogen) atoms. The van der Waals surface area contributed by atoms with E-state index in [0.29, 0.717) is 12.1 Å². The number of nitrogens with zero attached hydrogens (tertiary/aromatic N) is 2. The fourth-order valence-corrected chi connectivity index (χ4v) is 3.29. The minimum atomic E-state index is -0.622. The number of aliphatic imine (C=N–C) groups is 1. The van der Waals surface area contributed by atoms with Gasteiger partial charge in [0.15, 0.2) is 5.96 Å². The van der Waals surface area contributed by atoms with Crippen LogP contribution in [0.5, 0.6) is 0 Å². The van der Waals surface area contributed by atoms with Crippen LogP contribution in [0.25, 0.3) is 0 Å². The van der Waals surface area contributed by atoms with E-state index in [0.717, 1.165) is 5.56 Å². The second-order valence-corrected chi connectivity index (χ2v) is 8.12. The summed E-state index contributed by atoms with van der Waals surface area (Å²) in [5.74, 6) is -0.978. The minimum absolute atomic E-state index is 0.0737. The highest BCUT2D eigenvalue weighted by atomic mass is 19.1. The molecule has 2 aromatic rings. The smallest absolute Gasteiger partial charge is 0.254 e. The maximum absolute atomic E-state index is 14.3. The van der Waals surface area contributed by atoms with E-state index < -0.39 is 17.3 Å². The van der Waals surface area contributed by atoms with E-state index in [2.05, 4.69) is 10.3 Å². The molecule has 2 amide bonds. The summed E-state index contributed by atoms with van der Waals surface area (Å²) in [6.07, 6.45) is 0.247. The summed E-state index contributed by atoms with van der Waals surface area (Å²) >= 11 is 0. The van der Waals surface area contributed by atoms with Crippen LogP contribution < -0.4 is 11.1 Å². The van der Waals surface area contributed by atoms with Gasteiger partial charge in [-0.1, -0.05) is 50.2 Å². The molecule has 158 valence electrons. The van der Waals surface area contributed by atoms with Gasteiger partial charge in [0.2, 0.25) is 5.91 Å². The summed E-state index contributed by atoms with van der Waals surface area (Å²) in [7, 11) is 0. The van der Waals surface area contributed by atoms with Gasteiger partial charge in [0, 0.05) is 6.54 Å². The SMILES string of the molecule is CC(C)C1(C)CC(=O)N(Cc2ccc(F)c(C(=O)NCc3ccccc3)c2)C(N)=N1. The van der Waals surface area contributed by atoms with E-state index in [4.69, 9.17) is 5.73 Å². The van der Waals surface area contributed by atoms with Gasteiger partial charge in [0.05, 0.1) is 24.1 Å². The number of carbonyl (C=O) groups is 2. The first-order chi connectivity index (χ1) is 14.2. The molecule has 0 aromatic heterocycles. The van der Waals surface area contributed by atoms with Crippen LogP contribution in [0.15, 0.2) is 53.5 Å². The number of guanidine groups is 1. The first-order valence-electron chi connectivity index (χ1n) is 9.96. The van der Waals surface area contributed by atoms with E-state index in [-0.39, 0.29) is 36.3 Å². The molecular weight excluding hydrogens is 383 g/mol. The number of amides is 2. The molecular formula is C23H27FN4O2. The molecule has 3 N–H and O–H groups in total. The van der Waals surface area contributed by atoms with Gasteiger partial charge in [-0.15, -0.1) is 0 Å². The Labute approximate surface area is 176 Å². The lowest BCUT2D eigenvalue weighted by atomic mass is 9.84. The van der Waals surface area contributed by atoms with Crippen molar-refractivity contribution in [2.45, 2.75) is 45.8 Å². The van der Waals surface area contributed by atoms with Crippen molar-refractivity contribution in [1.29, 1.82) is 0 Å². The molecule has 1 aliphatic rings. The van der Waals surface area contributed by atoms with Gasteiger partial charge < -0.3 is 11.1 Å². The van der Waals surface area contributed by atoms with Crippen molar-refractivity contribution in [2.75, 3.05) is 0 Å². The second kappa shape index (κ2) is 8.65. The molecule has 0 saturated carbocycles. The molecule has 0 aliphatic carbocycles. The standard InChI is InChI=1S/C23H27FN4O2/c1-15(2)23(3)12-20(29)28(22(25)27-23)14-17-9-10-19(24)18(11-17)21(30)26-13-16-7-5-4-6-8-16/h4-11,15H,12-14H2,1-3H3,(H2,25,27)(H,26,30). The van der Waals surface area contributed by atoms with Crippen molar-refractivity contribution in [3.8, 4) is 0 Å². The molecule has 6 nitrogen and oxygen atoms in total. The van der Waals surface area contributed by atoms with Gasteiger partial charge in [0.1, 0.15) is 5.82 Å². The summed E-state index contributed by atoms with van der Waals surface area (Å²) in [5, 5.41) is 2.72. The zero-order valence-corrected chi connectivity index (χ0v) is 17.5.